The fourth-order valence-electron chi connectivity index (χ4n) is 2.16. The molecule has 0 aliphatic rings. The van der Waals surface area contributed by atoms with Crippen LogP contribution < -0.4 is 0 Å². The van der Waals surface area contributed by atoms with Gasteiger partial charge in [-0.25, -0.2) is 0 Å². The van der Waals surface area contributed by atoms with Crippen molar-refractivity contribution in [1.82, 2.24) is 4.37 Å². The molecule has 18 heavy (non-hydrogen) atoms. The fraction of sp³-hybridized carbons (Fsp3) is 0. The summed E-state index contributed by atoms with van der Waals surface area (Å²) in [6.07, 6.45) is 0. The quantitative estimate of drug-likeness (QED) is 0.489. The number of fused-ring (bicyclic) bond motifs is 2. The third kappa shape index (κ3) is 1.38. The smallest absolute Gasteiger partial charge is 0.155 e. The maximum Gasteiger partial charge on any atom is 0.155 e. The van der Waals surface area contributed by atoms with Gasteiger partial charge in [0, 0.05) is 10.8 Å². The standard InChI is InChI=1S/C15H9NOS/c1-3-7-12-10(5-1)9-13(17-12)15-11-6-2-4-8-14(11)18-16-15/h1-9H. The Kier molecular flexibility index (Phi) is 2.02. The number of nitrogens with zero attached hydrogens (tertiary/aromatic N) is 1. The minimum absolute atomic E-state index is 0.841. The number of hydrogen-bond donors (Lipinski definition) is 0. The molecule has 0 aliphatic carbocycles. The molecule has 0 atom stereocenters. The van der Waals surface area contributed by atoms with Gasteiger partial charge in [-0.15, -0.1) is 0 Å². The average molecular weight is 251 g/mol. The van der Waals surface area contributed by atoms with Gasteiger partial charge in [-0.3, -0.25) is 0 Å². The topological polar surface area (TPSA) is 26.0 Å². The molecule has 0 saturated carbocycles. The second-order valence-electron chi connectivity index (χ2n) is 4.18. The van der Waals surface area contributed by atoms with E-state index in [0.717, 1.165) is 27.8 Å². The zero-order valence-electron chi connectivity index (χ0n) is 9.46. The summed E-state index contributed by atoms with van der Waals surface area (Å²) in [6.45, 7) is 0. The summed E-state index contributed by atoms with van der Waals surface area (Å²) in [6, 6.07) is 18.3. The molecule has 0 fully saturated rings. The molecule has 3 heteroatoms. The van der Waals surface area contributed by atoms with E-state index in [1.807, 2.05) is 30.3 Å². The van der Waals surface area contributed by atoms with Crippen molar-refractivity contribution in [3.63, 3.8) is 0 Å². The van der Waals surface area contributed by atoms with Gasteiger partial charge >= 0.3 is 0 Å². The summed E-state index contributed by atoms with van der Waals surface area (Å²) in [7, 11) is 0. The van der Waals surface area contributed by atoms with E-state index < -0.39 is 0 Å². The first kappa shape index (κ1) is 9.85. The molecule has 0 N–H and O–H groups in total. The monoisotopic (exact) mass is 251 g/mol. The van der Waals surface area contributed by atoms with Crippen LogP contribution in [0.3, 0.4) is 0 Å². The predicted molar refractivity (Wildman–Crippen MR) is 74.8 cm³/mol. The lowest BCUT2D eigenvalue weighted by atomic mass is 10.2. The molecule has 0 bridgehead atoms. The first-order valence-electron chi connectivity index (χ1n) is 5.75. The van der Waals surface area contributed by atoms with Crippen LogP contribution in [0.15, 0.2) is 59.0 Å². The Bertz CT molecular complexity index is 811. The van der Waals surface area contributed by atoms with Crippen molar-refractivity contribution in [2.45, 2.75) is 0 Å². The minimum Gasteiger partial charge on any atom is -0.454 e. The Labute approximate surface area is 108 Å². The van der Waals surface area contributed by atoms with Crippen molar-refractivity contribution < 1.29 is 4.42 Å². The molecule has 0 unspecified atom stereocenters. The summed E-state index contributed by atoms with van der Waals surface area (Å²) in [5.41, 5.74) is 1.84. The maximum atomic E-state index is 5.86. The van der Waals surface area contributed by atoms with Crippen molar-refractivity contribution >= 4 is 32.6 Å². The van der Waals surface area contributed by atoms with E-state index >= 15 is 0 Å². The zero-order valence-corrected chi connectivity index (χ0v) is 10.3. The van der Waals surface area contributed by atoms with E-state index in [0.29, 0.717) is 0 Å². The summed E-state index contributed by atoms with van der Waals surface area (Å²) in [5, 5.41) is 2.27. The highest BCUT2D eigenvalue weighted by atomic mass is 32.1. The molecule has 0 amide bonds. The number of aromatic nitrogens is 1. The third-order valence-electron chi connectivity index (χ3n) is 3.04. The van der Waals surface area contributed by atoms with Gasteiger partial charge in [0.2, 0.25) is 0 Å². The summed E-state index contributed by atoms with van der Waals surface area (Å²) in [4.78, 5) is 0. The normalized spacial score (nSPS) is 11.3. The molecule has 0 aliphatic heterocycles. The number of benzene rings is 2. The van der Waals surface area contributed by atoms with Gasteiger partial charge in [0.25, 0.3) is 0 Å². The number of para-hydroxylation sites is 1. The highest BCUT2D eigenvalue weighted by Gasteiger charge is 2.12. The lowest BCUT2D eigenvalue weighted by molar-refractivity contribution is 0.630. The predicted octanol–water partition coefficient (Wildman–Crippen LogP) is 4.71. The molecule has 4 aromatic rings. The molecule has 0 saturated heterocycles. The Morgan fingerprint density at radius 2 is 1.78 bits per heavy atom. The van der Waals surface area contributed by atoms with Crippen molar-refractivity contribution in [2.75, 3.05) is 0 Å². The zero-order chi connectivity index (χ0) is 11.9. The number of hydrogen-bond acceptors (Lipinski definition) is 3. The van der Waals surface area contributed by atoms with Gasteiger partial charge in [-0.05, 0) is 29.7 Å². The van der Waals surface area contributed by atoms with Gasteiger partial charge in [0.15, 0.2) is 5.76 Å². The van der Waals surface area contributed by atoms with Crippen LogP contribution in [-0.2, 0) is 0 Å². The Hall–Kier alpha value is -2.13. The van der Waals surface area contributed by atoms with Gasteiger partial charge in [0.05, 0.1) is 4.70 Å². The van der Waals surface area contributed by atoms with Crippen LogP contribution in [0.5, 0.6) is 0 Å². The van der Waals surface area contributed by atoms with E-state index in [4.69, 9.17) is 4.42 Å². The molecule has 2 heterocycles. The van der Waals surface area contributed by atoms with Crippen LogP contribution in [0.4, 0.5) is 0 Å². The average Bonchev–Trinajstić information content (AvgIpc) is 3.02. The van der Waals surface area contributed by atoms with Crippen molar-refractivity contribution in [2.24, 2.45) is 0 Å². The van der Waals surface area contributed by atoms with Crippen molar-refractivity contribution in [3.05, 3.63) is 54.6 Å². The van der Waals surface area contributed by atoms with Crippen LogP contribution in [0.25, 0.3) is 32.5 Å². The van der Waals surface area contributed by atoms with Crippen LogP contribution >= 0.6 is 11.5 Å². The summed E-state index contributed by atoms with van der Waals surface area (Å²) < 4.78 is 11.6. The lowest BCUT2D eigenvalue weighted by Crippen LogP contribution is -1.72. The Morgan fingerprint density at radius 1 is 0.944 bits per heavy atom. The largest absolute Gasteiger partial charge is 0.454 e. The molecular formula is C15H9NOS. The summed E-state index contributed by atoms with van der Waals surface area (Å²) in [5.74, 6) is 0.841. The Balaban J connectivity index is 2.01. The SMILES string of the molecule is c1ccc2oc(-c3nsc4ccccc34)cc2c1. The van der Waals surface area contributed by atoms with Crippen molar-refractivity contribution in [3.8, 4) is 11.5 Å². The van der Waals surface area contributed by atoms with E-state index in [2.05, 4.69) is 28.6 Å². The van der Waals surface area contributed by atoms with Gasteiger partial charge in [-0.1, -0.05) is 36.4 Å². The van der Waals surface area contributed by atoms with E-state index in [9.17, 15) is 0 Å². The highest BCUT2D eigenvalue weighted by Crippen LogP contribution is 2.33. The van der Waals surface area contributed by atoms with E-state index in [-0.39, 0.29) is 0 Å². The molecule has 2 aromatic heterocycles. The van der Waals surface area contributed by atoms with Gasteiger partial charge in [-0.2, -0.15) is 4.37 Å². The highest BCUT2D eigenvalue weighted by molar-refractivity contribution is 7.13. The Morgan fingerprint density at radius 3 is 2.72 bits per heavy atom. The van der Waals surface area contributed by atoms with Crippen molar-refractivity contribution in [1.29, 1.82) is 0 Å². The summed E-state index contributed by atoms with van der Waals surface area (Å²) >= 11 is 1.51. The lowest BCUT2D eigenvalue weighted by Gasteiger charge is -1.91. The number of furan rings is 1. The van der Waals surface area contributed by atoms with E-state index in [1.165, 1.54) is 16.2 Å². The minimum atomic E-state index is 0.841. The second kappa shape index (κ2) is 3.68. The molecule has 2 nitrogen and oxygen atoms in total. The molecule has 4 rings (SSSR count). The fourth-order valence-corrected chi connectivity index (χ4v) is 2.94. The maximum absolute atomic E-state index is 5.86. The molecule has 0 spiro atoms. The first-order valence-corrected chi connectivity index (χ1v) is 6.52. The van der Waals surface area contributed by atoms with Crippen LogP contribution in [-0.4, -0.2) is 4.37 Å². The molecule has 2 aromatic carbocycles. The van der Waals surface area contributed by atoms with Gasteiger partial charge < -0.3 is 4.42 Å². The van der Waals surface area contributed by atoms with E-state index in [1.54, 1.807) is 0 Å². The molecule has 86 valence electrons. The number of rotatable bonds is 1. The molecule has 0 radical (unpaired) electrons. The first-order chi connectivity index (χ1) is 8.92. The van der Waals surface area contributed by atoms with Crippen LogP contribution in [0.2, 0.25) is 0 Å². The van der Waals surface area contributed by atoms with Crippen LogP contribution in [0.1, 0.15) is 0 Å². The molecular weight excluding hydrogens is 242 g/mol. The van der Waals surface area contributed by atoms with Gasteiger partial charge in [0.1, 0.15) is 11.3 Å². The second-order valence-corrected chi connectivity index (χ2v) is 4.98. The third-order valence-corrected chi connectivity index (χ3v) is 3.86. The van der Waals surface area contributed by atoms with Crippen LogP contribution in [0, 0.1) is 0 Å².